The van der Waals surface area contributed by atoms with Crippen molar-refractivity contribution in [3.63, 3.8) is 0 Å². The second kappa shape index (κ2) is 7.55. The fourth-order valence-electron chi connectivity index (χ4n) is 3.25. The van der Waals surface area contributed by atoms with Crippen LogP contribution in [0, 0.1) is 26.6 Å². The first-order valence-corrected chi connectivity index (χ1v) is 9.42. The number of aryl methyl sites for hydroxylation is 3. The minimum Gasteiger partial charge on any atom is -0.324 e. The van der Waals surface area contributed by atoms with Crippen molar-refractivity contribution in [2.75, 3.05) is 5.32 Å². The summed E-state index contributed by atoms with van der Waals surface area (Å²) in [5.41, 5.74) is 3.96. The minimum atomic E-state index is -0.438. The predicted octanol–water partition coefficient (Wildman–Crippen LogP) is 3.29. The highest BCUT2D eigenvalue weighted by molar-refractivity contribution is 5.90. The number of aromatic nitrogens is 4. The first-order chi connectivity index (χ1) is 14.3. The van der Waals surface area contributed by atoms with Gasteiger partial charge in [0, 0.05) is 11.1 Å². The predicted molar refractivity (Wildman–Crippen MR) is 112 cm³/mol. The fourth-order valence-corrected chi connectivity index (χ4v) is 3.25. The molecule has 0 unspecified atom stereocenters. The maximum atomic E-state index is 13.1. The number of amides is 1. The first kappa shape index (κ1) is 19.5. The maximum absolute atomic E-state index is 13.1. The summed E-state index contributed by atoms with van der Waals surface area (Å²) in [6.45, 7) is 5.50. The van der Waals surface area contributed by atoms with Gasteiger partial charge in [0.1, 0.15) is 17.9 Å². The van der Waals surface area contributed by atoms with Crippen LogP contribution in [0.2, 0.25) is 0 Å². The molecule has 2 aromatic heterocycles. The van der Waals surface area contributed by atoms with E-state index in [1.165, 1.54) is 24.3 Å². The number of rotatable bonds is 4. The van der Waals surface area contributed by atoms with Crippen molar-refractivity contribution in [1.82, 2.24) is 19.6 Å². The van der Waals surface area contributed by atoms with Crippen molar-refractivity contribution in [3.05, 3.63) is 81.7 Å². The van der Waals surface area contributed by atoms with Gasteiger partial charge in [-0.3, -0.25) is 9.59 Å². The summed E-state index contributed by atoms with van der Waals surface area (Å²) < 4.78 is 15.7. The van der Waals surface area contributed by atoms with Crippen molar-refractivity contribution in [2.24, 2.45) is 0 Å². The minimum absolute atomic E-state index is 0.273. The Kier molecular flexibility index (Phi) is 4.91. The number of hydrogen-bond acceptors (Lipinski definition) is 4. The van der Waals surface area contributed by atoms with Crippen LogP contribution in [-0.2, 0) is 11.3 Å². The summed E-state index contributed by atoms with van der Waals surface area (Å²) in [6.07, 6.45) is 1.61. The lowest BCUT2D eigenvalue weighted by Crippen LogP contribution is -2.31. The number of fused-ring (bicyclic) bond motifs is 1. The molecule has 0 spiro atoms. The van der Waals surface area contributed by atoms with Crippen molar-refractivity contribution < 1.29 is 9.18 Å². The zero-order chi connectivity index (χ0) is 21.4. The number of halogens is 1. The van der Waals surface area contributed by atoms with E-state index in [0.29, 0.717) is 22.3 Å². The van der Waals surface area contributed by atoms with Crippen LogP contribution in [0.25, 0.3) is 16.6 Å². The number of anilines is 1. The van der Waals surface area contributed by atoms with Crippen LogP contribution in [-0.4, -0.2) is 25.5 Å². The van der Waals surface area contributed by atoms with Gasteiger partial charge in [-0.25, -0.2) is 13.8 Å². The van der Waals surface area contributed by atoms with Crippen molar-refractivity contribution in [3.8, 4) is 5.69 Å². The van der Waals surface area contributed by atoms with E-state index in [1.54, 1.807) is 17.8 Å². The van der Waals surface area contributed by atoms with Crippen molar-refractivity contribution in [1.29, 1.82) is 0 Å². The summed E-state index contributed by atoms with van der Waals surface area (Å²) in [4.78, 5) is 25.5. The summed E-state index contributed by atoms with van der Waals surface area (Å²) in [5, 5.41) is 11.9. The van der Waals surface area contributed by atoms with E-state index < -0.39 is 17.3 Å². The second-order valence-corrected chi connectivity index (χ2v) is 7.19. The Labute approximate surface area is 171 Å². The van der Waals surface area contributed by atoms with E-state index in [2.05, 4.69) is 15.5 Å². The van der Waals surface area contributed by atoms with Crippen LogP contribution in [0.3, 0.4) is 0 Å². The smallest absolute Gasteiger partial charge is 0.293 e. The molecular weight excluding hydrogens is 385 g/mol. The van der Waals surface area contributed by atoms with Gasteiger partial charge in [-0.15, -0.1) is 0 Å². The Hall–Kier alpha value is -3.81. The number of hydrogen-bond donors (Lipinski definition) is 1. The molecule has 1 amide bonds. The van der Waals surface area contributed by atoms with E-state index in [4.69, 9.17) is 0 Å². The number of nitrogens with one attached hydrogen (secondary N) is 1. The molecule has 30 heavy (non-hydrogen) atoms. The second-order valence-electron chi connectivity index (χ2n) is 7.19. The van der Waals surface area contributed by atoms with Gasteiger partial charge < -0.3 is 5.32 Å². The van der Waals surface area contributed by atoms with Gasteiger partial charge >= 0.3 is 0 Å². The third kappa shape index (κ3) is 3.59. The molecule has 0 aliphatic rings. The third-order valence-corrected chi connectivity index (χ3v) is 5.02. The molecule has 0 bridgehead atoms. The van der Waals surface area contributed by atoms with Crippen LogP contribution >= 0.6 is 0 Å². The molecule has 4 rings (SSSR count). The number of nitrogens with zero attached hydrogens (tertiary/aromatic N) is 4. The molecule has 0 aliphatic heterocycles. The molecule has 8 heteroatoms. The average Bonchev–Trinajstić information content (AvgIpc) is 3.16. The molecule has 152 valence electrons. The Balaban J connectivity index is 1.71. The van der Waals surface area contributed by atoms with Gasteiger partial charge in [0.25, 0.3) is 5.56 Å². The summed E-state index contributed by atoms with van der Waals surface area (Å²) >= 11 is 0. The van der Waals surface area contributed by atoms with Gasteiger partial charge in [-0.05, 0) is 68.3 Å². The highest BCUT2D eigenvalue weighted by atomic mass is 19.1. The normalized spacial score (nSPS) is 11.1. The molecule has 0 saturated carbocycles. The lowest BCUT2D eigenvalue weighted by atomic mass is 10.1. The van der Waals surface area contributed by atoms with Crippen LogP contribution in [0.5, 0.6) is 0 Å². The van der Waals surface area contributed by atoms with Crippen LogP contribution in [0.1, 0.15) is 16.8 Å². The first-order valence-electron chi connectivity index (χ1n) is 9.42. The summed E-state index contributed by atoms with van der Waals surface area (Å²) in [7, 11) is 0. The van der Waals surface area contributed by atoms with E-state index >= 15 is 0 Å². The zero-order valence-electron chi connectivity index (χ0n) is 16.8. The lowest BCUT2D eigenvalue weighted by molar-refractivity contribution is -0.117. The molecular formula is C22H20FN5O2. The standard InChI is InChI=1S/C22H20FN5O2/c1-13-4-9-18(10-14(13)2)28-21-19(11-24-28)15(3)26-27(22(21)30)12-20(29)25-17-7-5-16(23)6-8-17/h4-11H,12H2,1-3H3,(H,25,29). The van der Waals surface area contributed by atoms with Gasteiger partial charge in [-0.1, -0.05) is 6.07 Å². The van der Waals surface area contributed by atoms with Crippen LogP contribution < -0.4 is 10.9 Å². The molecule has 4 aromatic rings. The zero-order valence-corrected chi connectivity index (χ0v) is 16.8. The van der Waals surface area contributed by atoms with Gasteiger partial charge in [0.15, 0.2) is 0 Å². The third-order valence-electron chi connectivity index (χ3n) is 5.02. The molecule has 0 radical (unpaired) electrons. The largest absolute Gasteiger partial charge is 0.324 e. The fraction of sp³-hybridized carbons (Fsp3) is 0.182. The number of carbonyl (C=O) groups excluding carboxylic acids is 1. The summed E-state index contributed by atoms with van der Waals surface area (Å²) in [6, 6.07) is 11.2. The Morgan fingerprint density at radius 3 is 2.50 bits per heavy atom. The summed E-state index contributed by atoms with van der Waals surface area (Å²) in [5.74, 6) is -0.834. The Bertz CT molecular complexity index is 1320. The highest BCUT2D eigenvalue weighted by Crippen LogP contribution is 2.19. The monoisotopic (exact) mass is 405 g/mol. The molecule has 0 saturated heterocycles. The van der Waals surface area contributed by atoms with Crippen LogP contribution in [0.4, 0.5) is 10.1 Å². The van der Waals surface area contributed by atoms with Gasteiger partial charge in [0.05, 0.1) is 17.6 Å². The quantitative estimate of drug-likeness (QED) is 0.565. The molecule has 2 heterocycles. The lowest BCUT2D eigenvalue weighted by Gasteiger charge is -2.10. The molecule has 1 N–H and O–H groups in total. The molecule has 0 fully saturated rings. The topological polar surface area (TPSA) is 81.8 Å². The van der Waals surface area contributed by atoms with E-state index in [1.807, 2.05) is 32.0 Å². The van der Waals surface area contributed by atoms with Gasteiger partial charge in [0.2, 0.25) is 5.91 Å². The van der Waals surface area contributed by atoms with Crippen molar-refractivity contribution >= 4 is 22.5 Å². The molecule has 2 aromatic carbocycles. The van der Waals surface area contributed by atoms with E-state index in [-0.39, 0.29) is 6.54 Å². The highest BCUT2D eigenvalue weighted by Gasteiger charge is 2.17. The van der Waals surface area contributed by atoms with Crippen molar-refractivity contribution in [2.45, 2.75) is 27.3 Å². The number of benzene rings is 2. The van der Waals surface area contributed by atoms with E-state index in [9.17, 15) is 14.0 Å². The SMILES string of the molecule is Cc1ccc(-n2ncc3c(C)nn(CC(=O)Nc4ccc(F)cc4)c(=O)c32)cc1C. The molecule has 0 aliphatic carbocycles. The molecule has 7 nitrogen and oxygen atoms in total. The Morgan fingerprint density at radius 1 is 1.07 bits per heavy atom. The van der Waals surface area contributed by atoms with E-state index in [0.717, 1.165) is 21.5 Å². The maximum Gasteiger partial charge on any atom is 0.293 e. The van der Waals surface area contributed by atoms with Crippen LogP contribution in [0.15, 0.2) is 53.5 Å². The van der Waals surface area contributed by atoms with Gasteiger partial charge in [-0.2, -0.15) is 10.2 Å². The molecule has 0 atom stereocenters. The average molecular weight is 405 g/mol. The number of carbonyl (C=O) groups is 1. The Morgan fingerprint density at radius 2 is 1.80 bits per heavy atom.